The van der Waals surface area contributed by atoms with Crippen molar-refractivity contribution in [3.8, 4) is 0 Å². The van der Waals surface area contributed by atoms with Crippen LogP contribution in [0.2, 0.25) is 0 Å². The fourth-order valence-corrected chi connectivity index (χ4v) is 4.49. The predicted octanol–water partition coefficient (Wildman–Crippen LogP) is 3.65. The van der Waals surface area contributed by atoms with E-state index < -0.39 is 10.0 Å². The molecule has 0 atom stereocenters. The van der Waals surface area contributed by atoms with Gasteiger partial charge in [0.25, 0.3) is 10.0 Å². The van der Waals surface area contributed by atoms with Crippen LogP contribution in [0.1, 0.15) is 11.3 Å². The number of nitrogens with zero attached hydrogens (tertiary/aromatic N) is 3. The molecule has 0 aliphatic carbocycles. The number of para-hydroxylation sites is 1. The lowest BCUT2D eigenvalue weighted by molar-refractivity contribution is 0.427. The highest BCUT2D eigenvalue weighted by molar-refractivity contribution is 7.90. The third-order valence-corrected chi connectivity index (χ3v) is 6.11. The number of aryl methyl sites for hydroxylation is 1. The Morgan fingerprint density at radius 1 is 0.963 bits per heavy atom. The van der Waals surface area contributed by atoms with Gasteiger partial charge in [0.1, 0.15) is 0 Å². The van der Waals surface area contributed by atoms with Crippen molar-refractivity contribution in [1.82, 2.24) is 13.8 Å². The van der Waals surface area contributed by atoms with E-state index in [0.29, 0.717) is 17.0 Å². The molecule has 0 unspecified atom stereocenters. The van der Waals surface area contributed by atoms with Crippen LogP contribution in [-0.4, -0.2) is 43.3 Å². The maximum Gasteiger partial charge on any atom is 0.268 e. The standard InChI is InChI=1S/C21H25N3O2S/c1-17-9-11-20(12-10-17)27(25,26)24-19(16-23(4)14-13-22(2)3)15-18-7-5-6-8-21(18)24/h5-15H,16H2,1-4H3. The molecule has 3 rings (SSSR count). The van der Waals surface area contributed by atoms with E-state index in [1.54, 1.807) is 12.1 Å². The van der Waals surface area contributed by atoms with E-state index in [2.05, 4.69) is 0 Å². The normalized spacial score (nSPS) is 12.0. The second kappa shape index (κ2) is 7.48. The van der Waals surface area contributed by atoms with Crippen LogP contribution in [0.15, 0.2) is 71.9 Å². The molecule has 0 saturated heterocycles. The Morgan fingerprint density at radius 3 is 2.30 bits per heavy atom. The number of benzene rings is 2. The van der Waals surface area contributed by atoms with Crippen molar-refractivity contribution in [1.29, 1.82) is 0 Å². The minimum Gasteiger partial charge on any atom is -0.382 e. The molecule has 0 spiro atoms. The number of hydrogen-bond donors (Lipinski definition) is 0. The Morgan fingerprint density at radius 2 is 1.63 bits per heavy atom. The van der Waals surface area contributed by atoms with Gasteiger partial charge < -0.3 is 9.80 Å². The van der Waals surface area contributed by atoms with Crippen LogP contribution < -0.4 is 0 Å². The zero-order valence-electron chi connectivity index (χ0n) is 16.1. The van der Waals surface area contributed by atoms with Crippen molar-refractivity contribution in [3.63, 3.8) is 0 Å². The number of fused-ring (bicyclic) bond motifs is 1. The van der Waals surface area contributed by atoms with Crippen LogP contribution in [0, 0.1) is 6.92 Å². The Kier molecular flexibility index (Phi) is 5.28. The number of aromatic nitrogens is 1. The van der Waals surface area contributed by atoms with E-state index >= 15 is 0 Å². The van der Waals surface area contributed by atoms with Crippen molar-refractivity contribution in [2.45, 2.75) is 18.4 Å². The monoisotopic (exact) mass is 383 g/mol. The first-order chi connectivity index (χ1) is 12.8. The highest BCUT2D eigenvalue weighted by Gasteiger charge is 2.23. The minimum atomic E-state index is -3.69. The molecule has 0 saturated carbocycles. The summed E-state index contributed by atoms with van der Waals surface area (Å²) in [5, 5.41) is 0.910. The molecular weight excluding hydrogens is 358 g/mol. The third-order valence-electron chi connectivity index (χ3n) is 4.33. The van der Waals surface area contributed by atoms with E-state index in [1.807, 2.05) is 92.7 Å². The molecule has 0 radical (unpaired) electrons. The first-order valence-electron chi connectivity index (χ1n) is 8.75. The largest absolute Gasteiger partial charge is 0.382 e. The minimum absolute atomic E-state index is 0.294. The van der Waals surface area contributed by atoms with Crippen LogP contribution >= 0.6 is 0 Å². The van der Waals surface area contributed by atoms with Crippen molar-refractivity contribution in [2.24, 2.45) is 0 Å². The summed E-state index contributed by atoms with van der Waals surface area (Å²) in [6, 6.07) is 16.5. The first kappa shape index (κ1) is 19.0. The van der Waals surface area contributed by atoms with Crippen LogP contribution in [-0.2, 0) is 16.6 Å². The molecule has 0 N–H and O–H groups in total. The molecule has 5 nitrogen and oxygen atoms in total. The van der Waals surface area contributed by atoms with Crippen LogP contribution in [0.3, 0.4) is 0 Å². The van der Waals surface area contributed by atoms with Crippen molar-refractivity contribution >= 4 is 20.9 Å². The number of rotatable bonds is 6. The van der Waals surface area contributed by atoms with Gasteiger partial charge >= 0.3 is 0 Å². The van der Waals surface area contributed by atoms with Gasteiger partial charge in [-0.2, -0.15) is 0 Å². The van der Waals surface area contributed by atoms with Gasteiger partial charge in [-0.05, 0) is 31.2 Å². The average Bonchev–Trinajstić information content (AvgIpc) is 2.98. The summed E-state index contributed by atoms with van der Waals surface area (Å²) in [5.74, 6) is 0. The summed E-state index contributed by atoms with van der Waals surface area (Å²) in [7, 11) is 2.14. The zero-order valence-corrected chi connectivity index (χ0v) is 16.9. The van der Waals surface area contributed by atoms with E-state index in [4.69, 9.17) is 0 Å². The van der Waals surface area contributed by atoms with Gasteiger partial charge in [0, 0.05) is 38.9 Å². The first-order valence-corrected chi connectivity index (χ1v) is 10.2. The van der Waals surface area contributed by atoms with Gasteiger partial charge in [-0.15, -0.1) is 0 Å². The molecule has 1 heterocycles. The van der Waals surface area contributed by atoms with Crippen molar-refractivity contribution in [2.75, 3.05) is 21.1 Å². The van der Waals surface area contributed by atoms with Crippen LogP contribution in [0.4, 0.5) is 0 Å². The van der Waals surface area contributed by atoms with Gasteiger partial charge in [0.2, 0.25) is 0 Å². The molecule has 142 valence electrons. The van der Waals surface area contributed by atoms with Crippen molar-refractivity contribution < 1.29 is 8.42 Å². The molecule has 0 amide bonds. The summed E-state index contributed by atoms with van der Waals surface area (Å²) in [6.07, 6.45) is 3.86. The van der Waals surface area contributed by atoms with E-state index in [-0.39, 0.29) is 0 Å². The number of hydrogen-bond acceptors (Lipinski definition) is 4. The Bertz CT molecular complexity index is 1060. The summed E-state index contributed by atoms with van der Waals surface area (Å²) < 4.78 is 28.3. The fraction of sp³-hybridized carbons (Fsp3) is 0.238. The summed E-state index contributed by atoms with van der Waals surface area (Å²) in [4.78, 5) is 4.20. The molecule has 0 fully saturated rings. The molecular formula is C21H25N3O2S. The lowest BCUT2D eigenvalue weighted by atomic mass is 10.2. The Labute approximate surface area is 161 Å². The van der Waals surface area contributed by atoms with Gasteiger partial charge in [-0.25, -0.2) is 12.4 Å². The molecule has 1 aromatic heterocycles. The van der Waals surface area contributed by atoms with Crippen molar-refractivity contribution in [3.05, 3.63) is 78.3 Å². The maximum absolute atomic E-state index is 13.4. The molecule has 3 aromatic rings. The van der Waals surface area contributed by atoms with E-state index in [0.717, 1.165) is 16.6 Å². The second-order valence-corrected chi connectivity index (χ2v) is 8.74. The predicted molar refractivity (Wildman–Crippen MR) is 110 cm³/mol. The van der Waals surface area contributed by atoms with Gasteiger partial charge in [0.15, 0.2) is 0 Å². The zero-order chi connectivity index (χ0) is 19.6. The van der Waals surface area contributed by atoms with Gasteiger partial charge in [-0.1, -0.05) is 35.9 Å². The van der Waals surface area contributed by atoms with Gasteiger partial charge in [-0.3, -0.25) is 0 Å². The second-order valence-electron chi connectivity index (χ2n) is 6.95. The van der Waals surface area contributed by atoms with Crippen LogP contribution in [0.5, 0.6) is 0 Å². The van der Waals surface area contributed by atoms with E-state index in [1.165, 1.54) is 3.97 Å². The summed E-state index contributed by atoms with van der Waals surface area (Å²) in [5.41, 5.74) is 2.45. The van der Waals surface area contributed by atoms with Crippen LogP contribution in [0.25, 0.3) is 10.9 Å². The lowest BCUT2D eigenvalue weighted by Crippen LogP contribution is -2.20. The molecule has 0 bridgehead atoms. The molecule has 27 heavy (non-hydrogen) atoms. The van der Waals surface area contributed by atoms with Gasteiger partial charge in [0.05, 0.1) is 22.7 Å². The Hall–Kier alpha value is -2.73. The Balaban J connectivity index is 2.11. The molecule has 2 aromatic carbocycles. The summed E-state index contributed by atoms with van der Waals surface area (Å²) >= 11 is 0. The summed E-state index contributed by atoms with van der Waals surface area (Å²) in [6.45, 7) is 2.42. The average molecular weight is 384 g/mol. The molecule has 0 aliphatic rings. The SMILES string of the molecule is Cc1ccc(S(=O)(=O)n2c(CN(C)C=CN(C)C)cc3ccccc32)cc1. The van der Waals surface area contributed by atoms with E-state index in [9.17, 15) is 8.42 Å². The smallest absolute Gasteiger partial charge is 0.268 e. The highest BCUT2D eigenvalue weighted by Crippen LogP contribution is 2.26. The highest BCUT2D eigenvalue weighted by atomic mass is 32.2. The molecule has 6 heteroatoms. The maximum atomic E-state index is 13.4. The lowest BCUT2D eigenvalue weighted by Gasteiger charge is -2.18. The third kappa shape index (κ3) is 4.01. The fourth-order valence-electron chi connectivity index (χ4n) is 2.95. The molecule has 0 aliphatic heterocycles. The quantitative estimate of drug-likeness (QED) is 0.652. The topological polar surface area (TPSA) is 45.6 Å².